The highest BCUT2D eigenvalue weighted by Crippen LogP contribution is 2.08. The fourth-order valence-electron chi connectivity index (χ4n) is 2.53. The Hall–Kier alpha value is -4.69. The van der Waals surface area contributed by atoms with Crippen LogP contribution in [-0.2, 0) is 16.1 Å². The average Bonchev–Trinajstić information content (AvgIpc) is 2.75. The lowest BCUT2D eigenvalue weighted by Crippen LogP contribution is -2.41. The lowest BCUT2D eigenvalue weighted by Gasteiger charge is -2.13. The van der Waals surface area contributed by atoms with Crippen molar-refractivity contribution in [1.82, 2.24) is 35.2 Å². The molecule has 0 aliphatic rings. The molecule has 0 unspecified atom stereocenters. The van der Waals surface area contributed by atoms with Crippen molar-refractivity contribution < 1.29 is 24.6 Å². The van der Waals surface area contributed by atoms with Crippen molar-refractivity contribution in [1.29, 1.82) is 0 Å². The molecular formula is C17H17N9O6. The number of carbonyl (C=O) groups excluding carboxylic acids is 1. The number of carboxylic acids is 2. The maximum atomic E-state index is 12.1. The third-order valence-electron chi connectivity index (χ3n) is 4.06. The zero-order valence-electron chi connectivity index (χ0n) is 16.3. The monoisotopic (exact) mass is 443 g/mol. The summed E-state index contributed by atoms with van der Waals surface area (Å²) in [5.74, 6) is -3.77. The third-order valence-corrected chi connectivity index (χ3v) is 4.06. The van der Waals surface area contributed by atoms with Crippen molar-refractivity contribution in [3.05, 3.63) is 40.5 Å². The largest absolute Gasteiger partial charge is 0.481 e. The molecule has 1 amide bonds. The van der Waals surface area contributed by atoms with Crippen LogP contribution in [0.5, 0.6) is 0 Å². The van der Waals surface area contributed by atoms with Gasteiger partial charge in [-0.15, -0.1) is 0 Å². The van der Waals surface area contributed by atoms with Gasteiger partial charge in [0.25, 0.3) is 11.5 Å². The molecule has 15 nitrogen and oxygen atoms in total. The van der Waals surface area contributed by atoms with Gasteiger partial charge in [0.15, 0.2) is 11.2 Å². The SMILES string of the molecule is Nc1nc2ncc(CNc3cnc(C(=O)N[C@@H](CCC(=O)O)C(=O)O)nc3)nc2c(=O)[nH]1. The smallest absolute Gasteiger partial charge is 0.326 e. The molecule has 3 rings (SSSR count). The number of hydrogen-bond donors (Lipinski definition) is 6. The van der Waals surface area contributed by atoms with Crippen LogP contribution < -0.4 is 21.9 Å². The van der Waals surface area contributed by atoms with Crippen LogP contribution in [0.3, 0.4) is 0 Å². The molecule has 0 saturated carbocycles. The van der Waals surface area contributed by atoms with Gasteiger partial charge in [-0.05, 0) is 6.42 Å². The maximum absolute atomic E-state index is 12.1. The quantitative estimate of drug-likeness (QED) is 0.227. The van der Waals surface area contributed by atoms with Crippen molar-refractivity contribution in [2.24, 2.45) is 0 Å². The van der Waals surface area contributed by atoms with Crippen molar-refractivity contribution in [2.45, 2.75) is 25.4 Å². The van der Waals surface area contributed by atoms with Gasteiger partial charge in [-0.25, -0.2) is 24.7 Å². The summed E-state index contributed by atoms with van der Waals surface area (Å²) in [5, 5.41) is 22.9. The molecule has 0 spiro atoms. The molecule has 0 saturated heterocycles. The van der Waals surface area contributed by atoms with E-state index in [4.69, 9.17) is 15.9 Å². The number of nitrogens with two attached hydrogens (primary N) is 1. The molecule has 0 radical (unpaired) electrons. The van der Waals surface area contributed by atoms with Gasteiger partial charge >= 0.3 is 11.9 Å². The first-order chi connectivity index (χ1) is 15.2. The Morgan fingerprint density at radius 3 is 2.47 bits per heavy atom. The van der Waals surface area contributed by atoms with Crippen molar-refractivity contribution >= 4 is 40.6 Å². The number of nitrogen functional groups attached to an aromatic ring is 1. The summed E-state index contributed by atoms with van der Waals surface area (Å²) in [6.07, 6.45) is 3.28. The van der Waals surface area contributed by atoms with Gasteiger partial charge in [0.05, 0.1) is 36.5 Å². The van der Waals surface area contributed by atoms with Gasteiger partial charge in [0.2, 0.25) is 11.8 Å². The molecule has 1 atom stereocenters. The molecule has 15 heteroatoms. The zero-order chi connectivity index (χ0) is 23.3. The van der Waals surface area contributed by atoms with Crippen LogP contribution in [0, 0.1) is 0 Å². The minimum absolute atomic E-state index is 0.0256. The normalized spacial score (nSPS) is 11.6. The van der Waals surface area contributed by atoms with Gasteiger partial charge in [0, 0.05) is 6.42 Å². The zero-order valence-corrected chi connectivity index (χ0v) is 16.3. The number of hydrogen-bond acceptors (Lipinski definition) is 11. The van der Waals surface area contributed by atoms with E-state index in [1.165, 1.54) is 18.6 Å². The van der Waals surface area contributed by atoms with Gasteiger partial charge in [-0.3, -0.25) is 19.4 Å². The highest BCUT2D eigenvalue weighted by Gasteiger charge is 2.22. The minimum Gasteiger partial charge on any atom is -0.481 e. The Labute approximate surface area is 178 Å². The average molecular weight is 443 g/mol. The molecule has 0 fully saturated rings. The molecule has 7 N–H and O–H groups in total. The van der Waals surface area contributed by atoms with E-state index in [0.29, 0.717) is 11.4 Å². The minimum atomic E-state index is -1.39. The number of nitrogens with one attached hydrogen (secondary N) is 3. The summed E-state index contributed by atoms with van der Waals surface area (Å²) in [4.78, 5) is 68.0. The van der Waals surface area contributed by atoms with Gasteiger partial charge in [0.1, 0.15) is 6.04 Å². The van der Waals surface area contributed by atoms with E-state index in [1.54, 1.807) is 0 Å². The van der Waals surface area contributed by atoms with Crippen LogP contribution in [-0.4, -0.2) is 64.0 Å². The van der Waals surface area contributed by atoms with Crippen molar-refractivity contribution in [3.8, 4) is 0 Å². The van der Waals surface area contributed by atoms with E-state index in [9.17, 15) is 19.2 Å². The van der Waals surface area contributed by atoms with Crippen LogP contribution in [0.1, 0.15) is 29.2 Å². The number of carboxylic acid groups (broad SMARTS) is 2. The Morgan fingerprint density at radius 2 is 1.81 bits per heavy atom. The molecule has 3 aromatic rings. The summed E-state index contributed by atoms with van der Waals surface area (Å²) in [5.41, 5.74) is 5.89. The standard InChI is InChI=1S/C17H17N9O6/c18-17-25-12-11(14(29)26-17)23-8(6-20-12)5-19-7-3-21-13(22-4-7)15(30)24-9(16(31)32)1-2-10(27)28/h3-4,6,9,19H,1-2,5H2,(H,24,30)(H,27,28)(H,31,32)(H3,18,20,25,26,29)/t9-/m0/s1. The topological polar surface area (TPSA) is 239 Å². The predicted molar refractivity (Wildman–Crippen MR) is 107 cm³/mol. The molecule has 0 aromatic carbocycles. The summed E-state index contributed by atoms with van der Waals surface area (Å²) in [7, 11) is 0. The predicted octanol–water partition coefficient (Wildman–Crippen LogP) is -1.25. The fourth-order valence-corrected chi connectivity index (χ4v) is 2.53. The first kappa shape index (κ1) is 22.0. The Kier molecular flexibility index (Phi) is 6.47. The van der Waals surface area contributed by atoms with E-state index in [1.807, 2.05) is 0 Å². The molecule has 32 heavy (non-hydrogen) atoms. The van der Waals surface area contributed by atoms with Crippen LogP contribution >= 0.6 is 0 Å². The number of H-pyrrole nitrogens is 1. The molecule has 0 aliphatic heterocycles. The van der Waals surface area contributed by atoms with E-state index >= 15 is 0 Å². The number of carbonyl (C=O) groups is 3. The number of aliphatic carboxylic acids is 2. The molecule has 0 aliphatic carbocycles. The maximum Gasteiger partial charge on any atom is 0.326 e. The molecule has 3 heterocycles. The van der Waals surface area contributed by atoms with Gasteiger partial charge < -0.3 is 26.6 Å². The number of aromatic amines is 1. The summed E-state index contributed by atoms with van der Waals surface area (Å²) < 4.78 is 0. The number of amides is 1. The number of aromatic nitrogens is 6. The van der Waals surface area contributed by atoms with E-state index < -0.39 is 35.9 Å². The highest BCUT2D eigenvalue weighted by molar-refractivity contribution is 5.93. The van der Waals surface area contributed by atoms with E-state index in [2.05, 4.69) is 40.5 Å². The van der Waals surface area contributed by atoms with Crippen LogP contribution in [0.4, 0.5) is 11.6 Å². The molecule has 3 aromatic heterocycles. The molecule has 0 bridgehead atoms. The second-order valence-electron chi connectivity index (χ2n) is 6.43. The lowest BCUT2D eigenvalue weighted by molar-refractivity contribution is -0.140. The van der Waals surface area contributed by atoms with Crippen LogP contribution in [0.2, 0.25) is 0 Å². The highest BCUT2D eigenvalue weighted by atomic mass is 16.4. The summed E-state index contributed by atoms with van der Waals surface area (Å²) in [6.45, 7) is 0.151. The first-order valence-electron chi connectivity index (χ1n) is 9.05. The van der Waals surface area contributed by atoms with Crippen molar-refractivity contribution in [3.63, 3.8) is 0 Å². The number of fused-ring (bicyclic) bond motifs is 1. The number of nitrogens with zero attached hydrogens (tertiary/aromatic N) is 5. The lowest BCUT2D eigenvalue weighted by atomic mass is 10.1. The second kappa shape index (κ2) is 9.41. The summed E-state index contributed by atoms with van der Waals surface area (Å²) >= 11 is 0. The first-order valence-corrected chi connectivity index (χ1v) is 9.05. The van der Waals surface area contributed by atoms with Crippen LogP contribution in [0.25, 0.3) is 11.2 Å². The van der Waals surface area contributed by atoms with Crippen LogP contribution in [0.15, 0.2) is 23.4 Å². The Bertz CT molecular complexity index is 1230. The van der Waals surface area contributed by atoms with Gasteiger partial charge in [-0.2, -0.15) is 4.98 Å². The van der Waals surface area contributed by atoms with Crippen molar-refractivity contribution in [2.75, 3.05) is 11.1 Å². The fraction of sp³-hybridized carbons (Fsp3) is 0.235. The molecular weight excluding hydrogens is 426 g/mol. The molecule has 166 valence electrons. The Morgan fingerprint density at radius 1 is 1.09 bits per heavy atom. The summed E-state index contributed by atoms with van der Waals surface area (Å²) in [6, 6.07) is -1.39. The van der Waals surface area contributed by atoms with Gasteiger partial charge in [-0.1, -0.05) is 0 Å². The Balaban J connectivity index is 1.62. The van der Waals surface area contributed by atoms with E-state index in [-0.39, 0.29) is 35.9 Å². The number of anilines is 2. The third kappa shape index (κ3) is 5.47. The van der Waals surface area contributed by atoms with E-state index in [0.717, 1.165) is 0 Å². The number of rotatable bonds is 9. The second-order valence-corrected chi connectivity index (χ2v) is 6.43.